The first-order chi connectivity index (χ1) is 9.82. The third-order valence-corrected chi connectivity index (χ3v) is 11.0. The standard InChI is InChI=1S/C18H15P.Rh/c1-4-10-16(11-5-1)19(17-12-6-2-7-13-17)18-14-8-3-9-15-18;/h1-15H;/q;-1/p+1. The van der Waals surface area contributed by atoms with Crippen molar-refractivity contribution in [3.63, 3.8) is 0 Å². The van der Waals surface area contributed by atoms with Gasteiger partial charge in [0.05, 0.1) is 0 Å². The van der Waals surface area contributed by atoms with Crippen molar-refractivity contribution in [1.82, 2.24) is 0 Å². The summed E-state index contributed by atoms with van der Waals surface area (Å²) >= 11 is 3.44. The van der Waals surface area contributed by atoms with E-state index in [0.29, 0.717) is 0 Å². The number of benzene rings is 3. The van der Waals surface area contributed by atoms with Crippen molar-refractivity contribution in [2.75, 3.05) is 0 Å². The van der Waals surface area contributed by atoms with Crippen molar-refractivity contribution in [2.24, 2.45) is 0 Å². The van der Waals surface area contributed by atoms with Crippen molar-refractivity contribution >= 4 is 21.5 Å². The molecule has 3 aromatic carbocycles. The Morgan fingerprint density at radius 2 is 0.700 bits per heavy atom. The molecule has 0 amide bonds. The van der Waals surface area contributed by atoms with E-state index < -0.39 is 5.59 Å². The molecule has 0 bridgehead atoms. The van der Waals surface area contributed by atoms with E-state index >= 15 is 0 Å². The van der Waals surface area contributed by atoms with Crippen LogP contribution in [0.2, 0.25) is 0 Å². The van der Waals surface area contributed by atoms with Crippen LogP contribution in [0.15, 0.2) is 91.0 Å². The Morgan fingerprint density at radius 1 is 0.450 bits per heavy atom. The van der Waals surface area contributed by atoms with Gasteiger partial charge in [-0.2, -0.15) is 0 Å². The minimum absolute atomic E-state index is 1.41. The SMILES string of the molecule is [Rh][PH](c1ccccc1)(c1ccccc1)c1ccccc1. The van der Waals surface area contributed by atoms with Crippen molar-refractivity contribution in [3.05, 3.63) is 91.0 Å². The van der Waals surface area contributed by atoms with E-state index in [-0.39, 0.29) is 0 Å². The number of hydrogen-bond acceptors (Lipinski definition) is 0. The Kier molecular flexibility index (Phi) is 4.11. The van der Waals surface area contributed by atoms with Crippen LogP contribution in [0.25, 0.3) is 0 Å². The van der Waals surface area contributed by atoms with Crippen LogP contribution in [0, 0.1) is 0 Å². The molecule has 0 saturated carbocycles. The van der Waals surface area contributed by atoms with Gasteiger partial charge in [-0.15, -0.1) is 0 Å². The molecule has 0 aromatic heterocycles. The second-order valence-corrected chi connectivity index (χ2v) is 11.4. The van der Waals surface area contributed by atoms with Crippen LogP contribution in [-0.2, 0) is 17.8 Å². The summed E-state index contributed by atoms with van der Waals surface area (Å²) in [6.45, 7) is 0. The zero-order chi connectivity index (χ0) is 13.8. The molecule has 0 aliphatic carbocycles. The molecule has 102 valence electrons. The van der Waals surface area contributed by atoms with E-state index in [1.165, 1.54) is 15.9 Å². The monoisotopic (exact) mass is 366 g/mol. The normalized spacial score (nSPS) is 12.1. The molecular formula is C18H16PRh. The van der Waals surface area contributed by atoms with Crippen molar-refractivity contribution in [3.8, 4) is 0 Å². The van der Waals surface area contributed by atoms with Gasteiger partial charge in [-0.25, -0.2) is 0 Å². The predicted molar refractivity (Wildman–Crippen MR) is 86.5 cm³/mol. The summed E-state index contributed by atoms with van der Waals surface area (Å²) < 4.78 is 0. The quantitative estimate of drug-likeness (QED) is 0.494. The molecule has 0 radical (unpaired) electrons. The molecule has 0 spiro atoms. The van der Waals surface area contributed by atoms with E-state index in [1.54, 1.807) is 0 Å². The van der Waals surface area contributed by atoms with Gasteiger partial charge in [-0.05, 0) is 0 Å². The van der Waals surface area contributed by atoms with Gasteiger partial charge < -0.3 is 0 Å². The van der Waals surface area contributed by atoms with Crippen LogP contribution >= 0.6 is 5.59 Å². The molecule has 0 aliphatic heterocycles. The Morgan fingerprint density at radius 3 is 0.950 bits per heavy atom. The fourth-order valence-electron chi connectivity index (χ4n) is 2.48. The molecule has 0 unspecified atom stereocenters. The van der Waals surface area contributed by atoms with Crippen LogP contribution in [0.4, 0.5) is 0 Å². The van der Waals surface area contributed by atoms with Crippen molar-refractivity contribution in [2.45, 2.75) is 0 Å². The molecule has 0 N–H and O–H groups in total. The molecule has 3 rings (SSSR count). The van der Waals surface area contributed by atoms with Gasteiger partial charge in [0.1, 0.15) is 0 Å². The van der Waals surface area contributed by atoms with Gasteiger partial charge >= 0.3 is 130 Å². The Labute approximate surface area is 130 Å². The van der Waals surface area contributed by atoms with Gasteiger partial charge in [-0.3, -0.25) is 0 Å². The van der Waals surface area contributed by atoms with Crippen LogP contribution in [0.3, 0.4) is 0 Å². The Hall–Kier alpha value is -1.29. The zero-order valence-electron chi connectivity index (χ0n) is 11.0. The molecular weight excluding hydrogens is 350 g/mol. The third-order valence-electron chi connectivity index (χ3n) is 3.48. The summed E-state index contributed by atoms with van der Waals surface area (Å²) in [6, 6.07) is 32.5. The van der Waals surface area contributed by atoms with E-state index in [4.69, 9.17) is 0 Å². The summed E-state index contributed by atoms with van der Waals surface area (Å²) in [7, 11) is 0. The summed E-state index contributed by atoms with van der Waals surface area (Å²) in [6.07, 6.45) is 0. The summed E-state index contributed by atoms with van der Waals surface area (Å²) in [5.74, 6) is 0. The molecule has 0 heterocycles. The average Bonchev–Trinajstić information content (AvgIpc) is 2.56. The van der Waals surface area contributed by atoms with Crippen LogP contribution in [-0.4, -0.2) is 0 Å². The molecule has 20 heavy (non-hydrogen) atoms. The molecule has 0 fully saturated rings. The second kappa shape index (κ2) is 6.00. The summed E-state index contributed by atoms with van der Waals surface area (Å²) in [4.78, 5) is 0. The van der Waals surface area contributed by atoms with Crippen LogP contribution in [0.5, 0.6) is 0 Å². The second-order valence-electron chi connectivity index (χ2n) is 4.72. The van der Waals surface area contributed by atoms with E-state index in [2.05, 4.69) is 109 Å². The maximum absolute atomic E-state index is 3.44. The topological polar surface area (TPSA) is 0 Å². The molecule has 0 atom stereocenters. The zero-order valence-corrected chi connectivity index (χ0v) is 13.6. The van der Waals surface area contributed by atoms with E-state index in [9.17, 15) is 0 Å². The first-order valence-electron chi connectivity index (χ1n) is 6.65. The molecule has 0 aliphatic rings. The molecule has 0 nitrogen and oxygen atoms in total. The van der Waals surface area contributed by atoms with Crippen molar-refractivity contribution in [1.29, 1.82) is 0 Å². The molecule has 2 heteroatoms. The van der Waals surface area contributed by atoms with Crippen molar-refractivity contribution < 1.29 is 17.8 Å². The molecule has 0 saturated heterocycles. The minimum atomic E-state index is -1.99. The average molecular weight is 366 g/mol. The first-order valence-corrected chi connectivity index (χ1v) is 10.9. The fourth-order valence-corrected chi connectivity index (χ4v) is 7.85. The first kappa shape index (κ1) is 13.7. The number of rotatable bonds is 3. The van der Waals surface area contributed by atoms with Gasteiger partial charge in [0.2, 0.25) is 0 Å². The van der Waals surface area contributed by atoms with E-state index in [0.717, 1.165) is 0 Å². The summed E-state index contributed by atoms with van der Waals surface area (Å²) in [5, 5.41) is 4.22. The van der Waals surface area contributed by atoms with Gasteiger partial charge in [0.25, 0.3) is 0 Å². The fraction of sp³-hybridized carbons (Fsp3) is 0. The third kappa shape index (κ3) is 2.49. The van der Waals surface area contributed by atoms with Gasteiger partial charge in [-0.1, -0.05) is 0 Å². The number of hydrogen-bond donors (Lipinski definition) is 0. The molecule has 3 aromatic rings. The van der Waals surface area contributed by atoms with Crippen LogP contribution < -0.4 is 15.9 Å². The van der Waals surface area contributed by atoms with Gasteiger partial charge in [0, 0.05) is 0 Å². The maximum atomic E-state index is 3.44. The summed E-state index contributed by atoms with van der Waals surface area (Å²) in [5.41, 5.74) is -1.99. The predicted octanol–water partition coefficient (Wildman–Crippen LogP) is 3.17. The Balaban J connectivity index is 2.24. The van der Waals surface area contributed by atoms with E-state index in [1.807, 2.05) is 0 Å². The van der Waals surface area contributed by atoms with Crippen LogP contribution in [0.1, 0.15) is 0 Å². The van der Waals surface area contributed by atoms with Gasteiger partial charge in [0.15, 0.2) is 0 Å². The Bertz CT molecular complexity index is 569.